The second-order valence-electron chi connectivity index (χ2n) is 5.66. The maximum Gasteiger partial charge on any atom is 0.228 e. The van der Waals surface area contributed by atoms with E-state index in [2.05, 4.69) is 38.2 Å². The predicted octanol–water partition coefficient (Wildman–Crippen LogP) is 3.24. The standard InChI is InChI=1S/C15H18BrN3O/c16-12-5-3-4-11(8-12)9-13-18-14(20-19-13)10-15(17)6-1-2-7-15/h3-5,8H,1-2,6-7,9-10,17H2. The van der Waals surface area contributed by atoms with Crippen LogP contribution in [0.1, 0.15) is 43.0 Å². The van der Waals surface area contributed by atoms with E-state index in [4.69, 9.17) is 10.3 Å². The number of nitrogens with zero attached hydrogens (tertiary/aromatic N) is 2. The molecule has 1 aromatic heterocycles. The summed E-state index contributed by atoms with van der Waals surface area (Å²) in [6.07, 6.45) is 5.89. The summed E-state index contributed by atoms with van der Waals surface area (Å²) in [4.78, 5) is 4.47. The first-order chi connectivity index (χ1) is 9.63. The van der Waals surface area contributed by atoms with E-state index in [0.29, 0.717) is 18.7 Å². The average Bonchev–Trinajstić information content (AvgIpc) is 3.00. The molecule has 0 unspecified atom stereocenters. The summed E-state index contributed by atoms with van der Waals surface area (Å²) in [5.74, 6) is 1.39. The maximum absolute atomic E-state index is 6.34. The summed E-state index contributed by atoms with van der Waals surface area (Å²) in [6, 6.07) is 8.14. The fourth-order valence-corrected chi connectivity index (χ4v) is 3.27. The van der Waals surface area contributed by atoms with Crippen molar-refractivity contribution in [2.45, 2.75) is 44.1 Å². The van der Waals surface area contributed by atoms with E-state index >= 15 is 0 Å². The van der Waals surface area contributed by atoms with Crippen molar-refractivity contribution in [2.24, 2.45) is 5.73 Å². The second-order valence-corrected chi connectivity index (χ2v) is 6.57. The van der Waals surface area contributed by atoms with E-state index in [1.54, 1.807) is 0 Å². The Balaban J connectivity index is 1.67. The van der Waals surface area contributed by atoms with E-state index in [-0.39, 0.29) is 5.54 Å². The van der Waals surface area contributed by atoms with Gasteiger partial charge in [0.1, 0.15) is 0 Å². The van der Waals surface area contributed by atoms with Crippen molar-refractivity contribution < 1.29 is 4.52 Å². The molecule has 0 spiro atoms. The lowest BCUT2D eigenvalue weighted by Crippen LogP contribution is -2.38. The molecule has 2 aromatic rings. The highest BCUT2D eigenvalue weighted by atomic mass is 79.9. The van der Waals surface area contributed by atoms with Gasteiger partial charge in [-0.25, -0.2) is 0 Å². The van der Waals surface area contributed by atoms with Gasteiger partial charge < -0.3 is 10.3 Å². The first-order valence-electron chi connectivity index (χ1n) is 6.98. The minimum atomic E-state index is -0.139. The Morgan fingerprint density at radius 1 is 1.30 bits per heavy atom. The van der Waals surface area contributed by atoms with Gasteiger partial charge in [-0.15, -0.1) is 0 Å². The number of halogens is 1. The van der Waals surface area contributed by atoms with Crippen LogP contribution in [0.4, 0.5) is 0 Å². The van der Waals surface area contributed by atoms with Crippen LogP contribution in [0.5, 0.6) is 0 Å². The number of benzene rings is 1. The smallest absolute Gasteiger partial charge is 0.228 e. The third kappa shape index (κ3) is 3.27. The van der Waals surface area contributed by atoms with Gasteiger partial charge >= 0.3 is 0 Å². The van der Waals surface area contributed by atoms with Crippen LogP contribution in [0.15, 0.2) is 33.3 Å². The minimum absolute atomic E-state index is 0.139. The molecule has 0 bridgehead atoms. The quantitative estimate of drug-likeness (QED) is 0.931. The third-order valence-electron chi connectivity index (χ3n) is 3.86. The van der Waals surface area contributed by atoms with Crippen molar-refractivity contribution in [3.05, 3.63) is 46.0 Å². The molecule has 0 radical (unpaired) electrons. The van der Waals surface area contributed by atoms with Gasteiger partial charge in [0.2, 0.25) is 5.89 Å². The van der Waals surface area contributed by atoms with Gasteiger partial charge in [0.15, 0.2) is 5.82 Å². The lowest BCUT2D eigenvalue weighted by Gasteiger charge is -2.20. The average molecular weight is 336 g/mol. The summed E-state index contributed by atoms with van der Waals surface area (Å²) in [5, 5.41) is 4.06. The van der Waals surface area contributed by atoms with Crippen molar-refractivity contribution >= 4 is 15.9 Å². The van der Waals surface area contributed by atoms with Crippen molar-refractivity contribution in [1.82, 2.24) is 10.1 Å². The summed E-state index contributed by atoms with van der Waals surface area (Å²) >= 11 is 3.47. The molecule has 1 saturated carbocycles. The maximum atomic E-state index is 6.34. The first kappa shape index (κ1) is 13.8. The van der Waals surface area contributed by atoms with Gasteiger partial charge in [-0.3, -0.25) is 0 Å². The van der Waals surface area contributed by atoms with Gasteiger partial charge in [-0.1, -0.05) is 46.1 Å². The molecule has 0 atom stereocenters. The molecule has 3 rings (SSSR count). The molecule has 5 heteroatoms. The van der Waals surface area contributed by atoms with Crippen LogP contribution in [0, 0.1) is 0 Å². The molecule has 1 aliphatic rings. The molecular formula is C15H18BrN3O. The topological polar surface area (TPSA) is 64.9 Å². The SMILES string of the molecule is NC1(Cc2nc(Cc3cccc(Br)c3)no2)CCCC1. The van der Waals surface area contributed by atoms with Crippen LogP contribution < -0.4 is 5.73 Å². The Bertz CT molecular complexity index is 590. The van der Waals surface area contributed by atoms with Crippen LogP contribution in [0.25, 0.3) is 0 Å². The van der Waals surface area contributed by atoms with Gasteiger partial charge in [0.25, 0.3) is 0 Å². The lowest BCUT2D eigenvalue weighted by atomic mass is 9.95. The number of hydrogen-bond donors (Lipinski definition) is 1. The highest BCUT2D eigenvalue weighted by Gasteiger charge is 2.31. The fraction of sp³-hybridized carbons (Fsp3) is 0.467. The lowest BCUT2D eigenvalue weighted by molar-refractivity contribution is 0.327. The van der Waals surface area contributed by atoms with Gasteiger partial charge in [-0.2, -0.15) is 4.98 Å². The molecule has 0 amide bonds. The van der Waals surface area contributed by atoms with Crippen LogP contribution >= 0.6 is 15.9 Å². The van der Waals surface area contributed by atoms with E-state index in [1.165, 1.54) is 12.8 Å². The van der Waals surface area contributed by atoms with E-state index < -0.39 is 0 Å². The largest absolute Gasteiger partial charge is 0.339 e. The van der Waals surface area contributed by atoms with Gasteiger partial charge in [0.05, 0.1) is 0 Å². The molecular weight excluding hydrogens is 318 g/mol. The number of rotatable bonds is 4. The Labute approximate surface area is 126 Å². The molecule has 4 nitrogen and oxygen atoms in total. The molecule has 1 fully saturated rings. The molecule has 0 aliphatic heterocycles. The molecule has 20 heavy (non-hydrogen) atoms. The van der Waals surface area contributed by atoms with Crippen molar-refractivity contribution in [1.29, 1.82) is 0 Å². The first-order valence-corrected chi connectivity index (χ1v) is 7.77. The molecule has 1 heterocycles. The Hall–Kier alpha value is -1.20. The monoisotopic (exact) mass is 335 g/mol. The highest BCUT2D eigenvalue weighted by Crippen LogP contribution is 2.30. The van der Waals surface area contributed by atoms with E-state index in [1.807, 2.05) is 12.1 Å². The Morgan fingerprint density at radius 2 is 2.10 bits per heavy atom. The van der Waals surface area contributed by atoms with Crippen molar-refractivity contribution in [3.8, 4) is 0 Å². The minimum Gasteiger partial charge on any atom is -0.339 e. The normalized spacial score (nSPS) is 17.5. The van der Waals surface area contributed by atoms with Gasteiger partial charge in [-0.05, 0) is 30.5 Å². The van der Waals surface area contributed by atoms with E-state index in [9.17, 15) is 0 Å². The van der Waals surface area contributed by atoms with Crippen LogP contribution in [0.3, 0.4) is 0 Å². The Morgan fingerprint density at radius 3 is 2.85 bits per heavy atom. The molecule has 1 aliphatic carbocycles. The summed E-state index contributed by atoms with van der Waals surface area (Å²) in [6.45, 7) is 0. The van der Waals surface area contributed by atoms with E-state index in [0.717, 1.165) is 28.7 Å². The molecule has 2 N–H and O–H groups in total. The van der Waals surface area contributed by atoms with Crippen molar-refractivity contribution in [3.63, 3.8) is 0 Å². The summed E-state index contributed by atoms with van der Waals surface area (Å²) in [5.41, 5.74) is 7.36. The van der Waals surface area contributed by atoms with Crippen LogP contribution in [-0.4, -0.2) is 15.7 Å². The van der Waals surface area contributed by atoms with Crippen LogP contribution in [-0.2, 0) is 12.8 Å². The predicted molar refractivity (Wildman–Crippen MR) is 80.3 cm³/mol. The molecule has 0 saturated heterocycles. The number of nitrogens with two attached hydrogens (primary N) is 1. The zero-order chi connectivity index (χ0) is 14.0. The van der Waals surface area contributed by atoms with Gasteiger partial charge in [0, 0.05) is 22.9 Å². The summed E-state index contributed by atoms with van der Waals surface area (Å²) in [7, 11) is 0. The second kappa shape index (κ2) is 5.66. The zero-order valence-corrected chi connectivity index (χ0v) is 12.9. The summed E-state index contributed by atoms with van der Waals surface area (Å²) < 4.78 is 6.40. The number of hydrogen-bond acceptors (Lipinski definition) is 4. The molecule has 1 aromatic carbocycles. The number of aromatic nitrogens is 2. The zero-order valence-electron chi connectivity index (χ0n) is 11.3. The third-order valence-corrected chi connectivity index (χ3v) is 4.36. The Kier molecular flexibility index (Phi) is 3.89. The van der Waals surface area contributed by atoms with Crippen molar-refractivity contribution in [2.75, 3.05) is 0 Å². The fourth-order valence-electron chi connectivity index (χ4n) is 2.82. The molecule has 106 valence electrons. The van der Waals surface area contributed by atoms with Crippen LogP contribution in [0.2, 0.25) is 0 Å². The highest BCUT2D eigenvalue weighted by molar-refractivity contribution is 9.10.